The summed E-state index contributed by atoms with van der Waals surface area (Å²) in [4.78, 5) is 29.0. The second-order valence-electron chi connectivity index (χ2n) is 7.11. The molecule has 0 amide bonds. The zero-order chi connectivity index (χ0) is 18.4. The summed E-state index contributed by atoms with van der Waals surface area (Å²) in [7, 11) is 0. The second kappa shape index (κ2) is 6.31. The van der Waals surface area contributed by atoms with Crippen molar-refractivity contribution in [1.82, 2.24) is 29.1 Å². The highest BCUT2D eigenvalue weighted by Crippen LogP contribution is 2.34. The van der Waals surface area contributed by atoms with Gasteiger partial charge in [0.05, 0.1) is 17.2 Å². The van der Waals surface area contributed by atoms with E-state index in [9.17, 15) is 9.90 Å². The fourth-order valence-corrected chi connectivity index (χ4v) is 4.19. The van der Waals surface area contributed by atoms with Gasteiger partial charge in [0.25, 0.3) is 0 Å². The van der Waals surface area contributed by atoms with Crippen LogP contribution in [0.15, 0.2) is 41.6 Å². The fourth-order valence-electron chi connectivity index (χ4n) is 4.19. The molecule has 0 aliphatic heterocycles. The number of H-pyrrole nitrogens is 1. The van der Waals surface area contributed by atoms with E-state index in [0.717, 1.165) is 36.7 Å². The number of aromatic nitrogens is 6. The smallest absolute Gasteiger partial charge is 0.327 e. The van der Waals surface area contributed by atoms with E-state index in [2.05, 4.69) is 15.0 Å². The molecule has 1 aliphatic rings. The van der Waals surface area contributed by atoms with Crippen molar-refractivity contribution in [2.45, 2.75) is 31.7 Å². The molecule has 1 saturated carbocycles. The lowest BCUT2D eigenvalue weighted by Crippen LogP contribution is -2.32. The minimum absolute atomic E-state index is 0.0488. The van der Waals surface area contributed by atoms with Crippen LogP contribution in [0.1, 0.15) is 31.7 Å². The molecule has 5 rings (SSSR count). The van der Waals surface area contributed by atoms with Crippen LogP contribution in [0.3, 0.4) is 0 Å². The number of aliphatic hydroxyl groups excluding tert-OH is 1. The average Bonchev–Trinajstić information content (AvgIpc) is 3.27. The monoisotopic (exact) mass is 364 g/mol. The van der Waals surface area contributed by atoms with Crippen LogP contribution >= 0.6 is 0 Å². The van der Waals surface area contributed by atoms with Crippen LogP contribution < -0.4 is 5.69 Å². The Hall–Kier alpha value is -3.00. The van der Waals surface area contributed by atoms with Crippen molar-refractivity contribution in [2.24, 2.45) is 5.92 Å². The lowest BCUT2D eigenvalue weighted by molar-refractivity contribution is 0.139. The summed E-state index contributed by atoms with van der Waals surface area (Å²) in [5, 5.41) is 9.78. The maximum absolute atomic E-state index is 12.6. The number of nitrogens with zero attached hydrogens (tertiary/aromatic N) is 5. The maximum Gasteiger partial charge on any atom is 0.327 e. The molecule has 1 aromatic carbocycles. The van der Waals surface area contributed by atoms with Gasteiger partial charge in [-0.1, -0.05) is 25.0 Å². The Morgan fingerprint density at radius 3 is 2.93 bits per heavy atom. The van der Waals surface area contributed by atoms with Gasteiger partial charge in [-0.3, -0.25) is 9.13 Å². The summed E-state index contributed by atoms with van der Waals surface area (Å²) in [5.41, 5.74) is 2.76. The van der Waals surface area contributed by atoms with E-state index in [-0.39, 0.29) is 24.3 Å². The van der Waals surface area contributed by atoms with Gasteiger partial charge in [0.2, 0.25) is 5.95 Å². The zero-order valence-electron chi connectivity index (χ0n) is 14.7. The normalized spacial score (nSPS) is 20.5. The Balaban J connectivity index is 1.68. The van der Waals surface area contributed by atoms with Crippen molar-refractivity contribution in [1.29, 1.82) is 0 Å². The topological polar surface area (TPSA) is 102 Å². The first-order valence-corrected chi connectivity index (χ1v) is 9.27. The molecular weight excluding hydrogens is 344 g/mol. The SMILES string of the molecule is O=c1[nH]c2cnc(-n3cnc4ccccc43)nc2n1[C@@H]1CCCC[C@@H]1CO. The highest BCUT2D eigenvalue weighted by atomic mass is 16.3. The first-order valence-electron chi connectivity index (χ1n) is 9.27. The van der Waals surface area contributed by atoms with Gasteiger partial charge in [0.15, 0.2) is 5.65 Å². The molecule has 2 atom stereocenters. The predicted octanol–water partition coefficient (Wildman–Crippen LogP) is 2.18. The third-order valence-corrected chi connectivity index (χ3v) is 5.55. The molecule has 8 nitrogen and oxygen atoms in total. The summed E-state index contributed by atoms with van der Waals surface area (Å²) >= 11 is 0. The van der Waals surface area contributed by atoms with Gasteiger partial charge in [-0.25, -0.2) is 14.8 Å². The number of nitrogens with one attached hydrogen (secondary N) is 1. The first-order chi connectivity index (χ1) is 13.3. The Kier molecular flexibility index (Phi) is 3.78. The molecule has 0 radical (unpaired) electrons. The van der Waals surface area contributed by atoms with Crippen LogP contribution in [0.5, 0.6) is 0 Å². The average molecular weight is 364 g/mol. The number of hydrogen-bond donors (Lipinski definition) is 2. The van der Waals surface area contributed by atoms with Gasteiger partial charge in [0.1, 0.15) is 11.8 Å². The molecular formula is C19H20N6O2. The van der Waals surface area contributed by atoms with E-state index in [0.29, 0.717) is 17.1 Å². The van der Waals surface area contributed by atoms with E-state index < -0.39 is 0 Å². The number of aliphatic hydroxyl groups is 1. The van der Waals surface area contributed by atoms with Gasteiger partial charge in [-0.05, 0) is 25.0 Å². The van der Waals surface area contributed by atoms with Crippen LogP contribution in [0, 0.1) is 5.92 Å². The molecule has 8 heteroatoms. The molecule has 1 aliphatic carbocycles. The minimum Gasteiger partial charge on any atom is -0.396 e. The number of aromatic amines is 1. The summed E-state index contributed by atoms with van der Waals surface area (Å²) in [5.74, 6) is 0.545. The van der Waals surface area contributed by atoms with E-state index >= 15 is 0 Å². The van der Waals surface area contributed by atoms with E-state index in [1.54, 1.807) is 17.1 Å². The highest BCUT2D eigenvalue weighted by Gasteiger charge is 2.29. The first kappa shape index (κ1) is 16.2. The molecule has 0 spiro atoms. The van der Waals surface area contributed by atoms with Crippen LogP contribution in [-0.4, -0.2) is 40.8 Å². The standard InChI is InChI=1S/C19H20N6O2/c26-10-12-5-1-3-7-15(12)25-17-14(22-19(25)27)9-20-18(23-17)24-11-21-13-6-2-4-8-16(13)24/h2,4,6,8-9,11-12,15,26H,1,3,5,7,10H2,(H,22,27)/t12-,15-/m1/s1. The summed E-state index contributed by atoms with van der Waals surface area (Å²) in [6.45, 7) is 0.0773. The van der Waals surface area contributed by atoms with Crippen LogP contribution in [-0.2, 0) is 0 Å². The number of imidazole rings is 2. The van der Waals surface area contributed by atoms with Crippen LogP contribution in [0.2, 0.25) is 0 Å². The number of hydrogen-bond acceptors (Lipinski definition) is 5. The third kappa shape index (κ3) is 2.56. The molecule has 2 N–H and O–H groups in total. The van der Waals surface area contributed by atoms with Crippen LogP contribution in [0.25, 0.3) is 28.1 Å². The lowest BCUT2D eigenvalue weighted by atomic mass is 9.85. The Bertz CT molecular complexity index is 1170. The van der Waals surface area contributed by atoms with Gasteiger partial charge in [0, 0.05) is 18.6 Å². The molecule has 3 aromatic heterocycles. The van der Waals surface area contributed by atoms with E-state index in [1.807, 2.05) is 28.8 Å². The summed E-state index contributed by atoms with van der Waals surface area (Å²) in [6.07, 6.45) is 7.25. The number of benzene rings is 1. The van der Waals surface area contributed by atoms with Crippen molar-refractivity contribution in [2.75, 3.05) is 6.61 Å². The largest absolute Gasteiger partial charge is 0.396 e. The third-order valence-electron chi connectivity index (χ3n) is 5.55. The molecule has 1 fully saturated rings. The molecule has 138 valence electrons. The number of fused-ring (bicyclic) bond motifs is 2. The lowest BCUT2D eigenvalue weighted by Gasteiger charge is -2.30. The highest BCUT2D eigenvalue weighted by molar-refractivity contribution is 5.77. The quantitative estimate of drug-likeness (QED) is 0.580. The van der Waals surface area contributed by atoms with Gasteiger partial charge in [-0.15, -0.1) is 0 Å². The van der Waals surface area contributed by atoms with Crippen molar-refractivity contribution >= 4 is 22.2 Å². The summed E-state index contributed by atoms with van der Waals surface area (Å²) < 4.78 is 3.53. The second-order valence-corrected chi connectivity index (χ2v) is 7.11. The summed E-state index contributed by atoms with van der Waals surface area (Å²) in [6, 6.07) is 7.73. The van der Waals surface area contributed by atoms with Crippen molar-refractivity contribution < 1.29 is 5.11 Å². The molecule has 27 heavy (non-hydrogen) atoms. The molecule has 0 bridgehead atoms. The van der Waals surface area contributed by atoms with E-state index in [4.69, 9.17) is 4.98 Å². The Morgan fingerprint density at radius 2 is 2.04 bits per heavy atom. The Morgan fingerprint density at radius 1 is 1.19 bits per heavy atom. The predicted molar refractivity (Wildman–Crippen MR) is 101 cm³/mol. The molecule has 0 unspecified atom stereocenters. The van der Waals surface area contributed by atoms with Gasteiger partial charge >= 0.3 is 5.69 Å². The van der Waals surface area contributed by atoms with Crippen molar-refractivity contribution in [3.8, 4) is 5.95 Å². The van der Waals surface area contributed by atoms with Crippen molar-refractivity contribution in [3.63, 3.8) is 0 Å². The fraction of sp³-hybridized carbons (Fsp3) is 0.368. The van der Waals surface area contributed by atoms with Gasteiger partial charge < -0.3 is 10.1 Å². The molecule has 3 heterocycles. The molecule has 4 aromatic rings. The number of rotatable bonds is 3. The van der Waals surface area contributed by atoms with Gasteiger partial charge in [-0.2, -0.15) is 4.98 Å². The zero-order valence-corrected chi connectivity index (χ0v) is 14.7. The maximum atomic E-state index is 12.6. The van der Waals surface area contributed by atoms with Crippen LogP contribution in [0.4, 0.5) is 0 Å². The van der Waals surface area contributed by atoms with E-state index in [1.165, 1.54) is 0 Å². The Labute approximate surface area is 154 Å². The molecule has 0 saturated heterocycles. The number of para-hydroxylation sites is 2. The minimum atomic E-state index is -0.197. The van der Waals surface area contributed by atoms with Crippen molar-refractivity contribution in [3.05, 3.63) is 47.3 Å².